The van der Waals surface area contributed by atoms with Crippen molar-refractivity contribution in [3.8, 4) is 0 Å². The molecule has 0 spiro atoms. The number of hydrogen-bond acceptors (Lipinski definition) is 3. The van der Waals surface area contributed by atoms with E-state index < -0.39 is 6.04 Å². The van der Waals surface area contributed by atoms with Gasteiger partial charge >= 0.3 is 0 Å². The quantitative estimate of drug-likeness (QED) is 0.609. The second-order valence-electron chi connectivity index (χ2n) is 4.04. The van der Waals surface area contributed by atoms with Crippen LogP contribution in [0.3, 0.4) is 0 Å². The predicted octanol–water partition coefficient (Wildman–Crippen LogP) is 2.25. The van der Waals surface area contributed by atoms with Gasteiger partial charge in [0.05, 0.1) is 0 Å². The first-order chi connectivity index (χ1) is 7.18. The summed E-state index contributed by atoms with van der Waals surface area (Å²) in [5.74, 6) is 0.279. The lowest BCUT2D eigenvalue weighted by Gasteiger charge is -2.10. The van der Waals surface area contributed by atoms with E-state index in [1.54, 1.807) is 6.92 Å². The number of para-hydroxylation sites is 1. The Morgan fingerprint density at radius 1 is 1.60 bits per heavy atom. The molecule has 0 saturated carbocycles. The molecule has 1 aliphatic heterocycles. The summed E-state index contributed by atoms with van der Waals surface area (Å²) in [6.07, 6.45) is 0.608. The number of nitrogens with one attached hydrogen (secondary N) is 1. The van der Waals surface area contributed by atoms with Crippen LogP contribution in [0.1, 0.15) is 24.8 Å². The van der Waals surface area contributed by atoms with Gasteiger partial charge in [-0.1, -0.05) is 18.2 Å². The molecule has 0 amide bonds. The third kappa shape index (κ3) is 1.93. The lowest BCUT2D eigenvalue weighted by Crippen LogP contribution is -2.19. The Balaban J connectivity index is 2.11. The number of hydrogen-bond donors (Lipinski definition) is 1. The maximum atomic E-state index is 10.6. The van der Waals surface area contributed by atoms with Crippen molar-refractivity contribution >= 4 is 5.69 Å². The summed E-state index contributed by atoms with van der Waals surface area (Å²) in [6, 6.07) is 7.56. The SMILES string of the molecule is CC(CC1CNc2ccccc21)[N+](=O)[O-]. The van der Waals surface area contributed by atoms with E-state index in [0.717, 1.165) is 12.2 Å². The third-order valence-corrected chi connectivity index (χ3v) is 2.93. The second-order valence-corrected chi connectivity index (χ2v) is 4.04. The average Bonchev–Trinajstić information content (AvgIpc) is 2.62. The zero-order valence-corrected chi connectivity index (χ0v) is 8.64. The van der Waals surface area contributed by atoms with Crippen molar-refractivity contribution in [3.05, 3.63) is 39.9 Å². The summed E-state index contributed by atoms with van der Waals surface area (Å²) in [6.45, 7) is 2.48. The maximum absolute atomic E-state index is 10.6. The van der Waals surface area contributed by atoms with Crippen molar-refractivity contribution in [2.75, 3.05) is 11.9 Å². The second kappa shape index (κ2) is 3.88. The largest absolute Gasteiger partial charge is 0.384 e. The zero-order chi connectivity index (χ0) is 10.8. The highest BCUT2D eigenvalue weighted by molar-refractivity contribution is 5.57. The van der Waals surface area contributed by atoms with Crippen molar-refractivity contribution in [1.29, 1.82) is 0 Å². The van der Waals surface area contributed by atoms with E-state index in [0.29, 0.717) is 6.42 Å². The van der Waals surface area contributed by atoms with E-state index in [9.17, 15) is 10.1 Å². The molecule has 0 saturated heterocycles. The Morgan fingerprint density at radius 2 is 2.33 bits per heavy atom. The van der Waals surface area contributed by atoms with Crippen LogP contribution >= 0.6 is 0 Å². The standard InChI is InChI=1S/C11H14N2O2/c1-8(13(14)15)6-9-7-12-11-5-3-2-4-10(9)11/h2-5,8-9,12H,6-7H2,1H3. The van der Waals surface area contributed by atoms with E-state index in [2.05, 4.69) is 5.32 Å². The number of benzene rings is 1. The highest BCUT2D eigenvalue weighted by atomic mass is 16.6. The smallest absolute Gasteiger partial charge is 0.211 e. The van der Waals surface area contributed by atoms with E-state index in [1.807, 2.05) is 24.3 Å². The molecule has 1 aromatic carbocycles. The number of anilines is 1. The van der Waals surface area contributed by atoms with E-state index in [1.165, 1.54) is 5.56 Å². The highest BCUT2D eigenvalue weighted by Crippen LogP contribution is 2.34. The molecule has 4 heteroatoms. The Hall–Kier alpha value is -1.58. The molecule has 0 fully saturated rings. The molecular weight excluding hydrogens is 192 g/mol. The fraction of sp³-hybridized carbons (Fsp3) is 0.455. The molecule has 1 aliphatic rings. The van der Waals surface area contributed by atoms with Gasteiger partial charge in [-0.15, -0.1) is 0 Å². The minimum Gasteiger partial charge on any atom is -0.384 e. The van der Waals surface area contributed by atoms with Gasteiger partial charge in [-0.25, -0.2) is 0 Å². The van der Waals surface area contributed by atoms with Gasteiger partial charge in [0.15, 0.2) is 0 Å². The Bertz CT molecular complexity index is 379. The van der Waals surface area contributed by atoms with Crippen LogP contribution in [0, 0.1) is 10.1 Å². The Kier molecular flexibility index (Phi) is 2.58. The molecule has 1 N–H and O–H groups in total. The minimum atomic E-state index is -0.469. The lowest BCUT2D eigenvalue weighted by atomic mass is 9.95. The van der Waals surface area contributed by atoms with Gasteiger partial charge in [0, 0.05) is 36.4 Å². The first kappa shape index (κ1) is 9.96. The van der Waals surface area contributed by atoms with Crippen LogP contribution in [0.2, 0.25) is 0 Å². The summed E-state index contributed by atoms with van der Waals surface area (Å²) in [5.41, 5.74) is 2.34. The minimum absolute atomic E-state index is 0.207. The molecule has 0 bridgehead atoms. The molecular formula is C11H14N2O2. The molecule has 1 heterocycles. The molecule has 4 nitrogen and oxygen atoms in total. The third-order valence-electron chi connectivity index (χ3n) is 2.93. The average molecular weight is 206 g/mol. The first-order valence-corrected chi connectivity index (χ1v) is 5.15. The van der Waals surface area contributed by atoms with Gasteiger partial charge in [0.2, 0.25) is 6.04 Å². The molecule has 2 unspecified atom stereocenters. The fourth-order valence-electron chi connectivity index (χ4n) is 2.07. The van der Waals surface area contributed by atoms with Crippen LogP contribution in [0.5, 0.6) is 0 Å². The summed E-state index contributed by atoms with van der Waals surface area (Å²) in [5, 5.41) is 13.9. The lowest BCUT2D eigenvalue weighted by molar-refractivity contribution is -0.519. The Morgan fingerprint density at radius 3 is 3.07 bits per heavy atom. The van der Waals surface area contributed by atoms with Crippen LogP contribution in [0.4, 0.5) is 5.69 Å². The number of fused-ring (bicyclic) bond motifs is 1. The van der Waals surface area contributed by atoms with Crippen molar-refractivity contribution in [3.63, 3.8) is 0 Å². The maximum Gasteiger partial charge on any atom is 0.211 e. The summed E-state index contributed by atoms with van der Waals surface area (Å²) < 4.78 is 0. The zero-order valence-electron chi connectivity index (χ0n) is 8.64. The van der Waals surface area contributed by atoms with Gasteiger partial charge in [-0.2, -0.15) is 0 Å². The molecule has 0 radical (unpaired) electrons. The molecule has 15 heavy (non-hydrogen) atoms. The molecule has 2 atom stereocenters. The van der Waals surface area contributed by atoms with Crippen molar-refractivity contribution in [2.45, 2.75) is 25.3 Å². The number of nitrogens with zero attached hydrogens (tertiary/aromatic N) is 1. The monoisotopic (exact) mass is 206 g/mol. The van der Waals surface area contributed by atoms with Gasteiger partial charge in [0.1, 0.15) is 0 Å². The van der Waals surface area contributed by atoms with Gasteiger partial charge in [-0.3, -0.25) is 10.1 Å². The highest BCUT2D eigenvalue weighted by Gasteiger charge is 2.27. The van der Waals surface area contributed by atoms with Crippen LogP contribution in [-0.2, 0) is 0 Å². The summed E-state index contributed by atoms with van der Waals surface area (Å²) in [7, 11) is 0. The van der Waals surface area contributed by atoms with E-state index in [4.69, 9.17) is 0 Å². The molecule has 0 aliphatic carbocycles. The van der Waals surface area contributed by atoms with Crippen LogP contribution in [0.15, 0.2) is 24.3 Å². The van der Waals surface area contributed by atoms with Gasteiger partial charge < -0.3 is 5.32 Å². The summed E-state index contributed by atoms with van der Waals surface area (Å²) in [4.78, 5) is 10.4. The Labute approximate surface area is 88.5 Å². The van der Waals surface area contributed by atoms with Crippen molar-refractivity contribution in [2.24, 2.45) is 0 Å². The summed E-state index contributed by atoms with van der Waals surface area (Å²) >= 11 is 0. The van der Waals surface area contributed by atoms with E-state index >= 15 is 0 Å². The first-order valence-electron chi connectivity index (χ1n) is 5.15. The van der Waals surface area contributed by atoms with Crippen LogP contribution < -0.4 is 5.32 Å². The van der Waals surface area contributed by atoms with Crippen LogP contribution in [-0.4, -0.2) is 17.5 Å². The topological polar surface area (TPSA) is 55.2 Å². The normalized spacial score (nSPS) is 20.5. The molecule has 2 rings (SSSR count). The number of rotatable bonds is 3. The van der Waals surface area contributed by atoms with Crippen molar-refractivity contribution in [1.82, 2.24) is 0 Å². The molecule has 1 aromatic rings. The number of nitro groups is 1. The predicted molar refractivity (Wildman–Crippen MR) is 58.7 cm³/mol. The van der Waals surface area contributed by atoms with Gasteiger partial charge in [-0.05, 0) is 11.6 Å². The van der Waals surface area contributed by atoms with Crippen molar-refractivity contribution < 1.29 is 4.92 Å². The fourth-order valence-corrected chi connectivity index (χ4v) is 2.07. The van der Waals surface area contributed by atoms with Crippen LogP contribution in [0.25, 0.3) is 0 Å². The molecule has 80 valence electrons. The van der Waals surface area contributed by atoms with E-state index in [-0.39, 0.29) is 10.8 Å². The van der Waals surface area contributed by atoms with Gasteiger partial charge in [0.25, 0.3) is 0 Å². The molecule has 0 aromatic heterocycles.